The van der Waals surface area contributed by atoms with Gasteiger partial charge >= 0.3 is 0 Å². The second kappa shape index (κ2) is 5.63. The molecule has 1 aromatic rings. The van der Waals surface area contributed by atoms with Crippen LogP contribution in [0.4, 0.5) is 0 Å². The zero-order chi connectivity index (χ0) is 11.5. The fourth-order valence-corrected chi connectivity index (χ4v) is 3.77. The van der Waals surface area contributed by atoms with Crippen LogP contribution in [0.5, 0.6) is 0 Å². The molecule has 90 valence electrons. The van der Waals surface area contributed by atoms with Crippen LogP contribution in [0.3, 0.4) is 0 Å². The molecule has 0 spiro atoms. The minimum Gasteiger partial charge on any atom is -0.376 e. The number of likely N-dealkylation sites (N-methyl/N-ethyl adjacent to an activating group) is 1. The molecule has 0 aliphatic carbocycles. The fraction of sp³-hybridized carbons (Fsp3) is 0.667. The van der Waals surface area contributed by atoms with Crippen LogP contribution in [0, 0.1) is 5.92 Å². The second-order valence-electron chi connectivity index (χ2n) is 4.28. The molecule has 0 bridgehead atoms. The van der Waals surface area contributed by atoms with Crippen LogP contribution in [-0.2, 0) is 4.74 Å². The number of thiophene rings is 1. The third-order valence-corrected chi connectivity index (χ3v) is 4.80. The van der Waals surface area contributed by atoms with Gasteiger partial charge in [-0.25, -0.2) is 0 Å². The Morgan fingerprint density at radius 2 is 2.44 bits per heavy atom. The van der Waals surface area contributed by atoms with E-state index in [1.165, 1.54) is 15.1 Å². The molecule has 0 radical (unpaired) electrons. The molecule has 1 aliphatic rings. The molecule has 4 heteroatoms. The Bertz CT molecular complexity index is 342. The fourth-order valence-electron chi connectivity index (χ4n) is 2.24. The summed E-state index contributed by atoms with van der Waals surface area (Å²) in [6.45, 7) is 6.31. The lowest BCUT2D eigenvalue weighted by Crippen LogP contribution is -2.34. The zero-order valence-electron chi connectivity index (χ0n) is 9.70. The largest absolute Gasteiger partial charge is 0.376 e. The van der Waals surface area contributed by atoms with Crippen molar-refractivity contribution in [2.75, 3.05) is 13.2 Å². The maximum absolute atomic E-state index is 5.87. The molecule has 0 saturated carbocycles. The van der Waals surface area contributed by atoms with Gasteiger partial charge in [-0.15, -0.1) is 11.3 Å². The number of halogens is 1. The van der Waals surface area contributed by atoms with E-state index < -0.39 is 0 Å². The molecule has 1 aromatic heterocycles. The Labute approximate surface area is 110 Å². The number of rotatable bonds is 4. The molecule has 0 amide bonds. The monoisotopic (exact) mass is 303 g/mol. The van der Waals surface area contributed by atoms with Crippen LogP contribution in [0.2, 0.25) is 0 Å². The summed E-state index contributed by atoms with van der Waals surface area (Å²) in [7, 11) is 0. The average Bonchev–Trinajstić information content (AvgIpc) is 2.84. The van der Waals surface area contributed by atoms with Crippen molar-refractivity contribution in [2.45, 2.75) is 32.4 Å². The highest BCUT2D eigenvalue weighted by Gasteiger charge is 2.33. The van der Waals surface area contributed by atoms with E-state index in [2.05, 4.69) is 47.2 Å². The summed E-state index contributed by atoms with van der Waals surface area (Å²) < 4.78 is 7.06. The first-order valence-corrected chi connectivity index (χ1v) is 7.43. The smallest absolute Gasteiger partial charge is 0.0804 e. The maximum atomic E-state index is 5.87. The van der Waals surface area contributed by atoms with Gasteiger partial charge in [0.25, 0.3) is 0 Å². The molecule has 2 rings (SSSR count). The molecule has 1 N–H and O–H groups in total. The lowest BCUT2D eigenvalue weighted by molar-refractivity contribution is 0.0622. The summed E-state index contributed by atoms with van der Waals surface area (Å²) in [5, 5.41) is 3.55. The molecule has 0 aromatic carbocycles. The van der Waals surface area contributed by atoms with E-state index in [4.69, 9.17) is 4.74 Å². The van der Waals surface area contributed by atoms with E-state index in [1.54, 1.807) is 11.3 Å². The second-order valence-corrected chi connectivity index (χ2v) is 6.77. The van der Waals surface area contributed by atoms with E-state index in [9.17, 15) is 0 Å². The number of nitrogens with one attached hydrogen (secondary N) is 1. The number of ether oxygens (including phenoxy) is 1. The van der Waals surface area contributed by atoms with Gasteiger partial charge in [-0.1, -0.05) is 13.8 Å². The quantitative estimate of drug-likeness (QED) is 0.918. The first-order chi connectivity index (χ1) is 7.72. The first kappa shape index (κ1) is 12.6. The van der Waals surface area contributed by atoms with Crippen LogP contribution in [-0.4, -0.2) is 19.3 Å². The Morgan fingerprint density at radius 1 is 1.62 bits per heavy atom. The van der Waals surface area contributed by atoms with Crippen LogP contribution in [0.1, 0.15) is 31.2 Å². The van der Waals surface area contributed by atoms with Crippen molar-refractivity contribution in [2.24, 2.45) is 5.92 Å². The molecule has 1 fully saturated rings. The van der Waals surface area contributed by atoms with Crippen LogP contribution in [0.25, 0.3) is 0 Å². The SMILES string of the molecule is CCNC(c1ccc(Br)s1)C1OCCC1C. The van der Waals surface area contributed by atoms with E-state index in [0.717, 1.165) is 13.2 Å². The van der Waals surface area contributed by atoms with Crippen LogP contribution in [0.15, 0.2) is 15.9 Å². The van der Waals surface area contributed by atoms with E-state index in [0.29, 0.717) is 18.1 Å². The predicted octanol–water partition coefficient (Wildman–Crippen LogP) is 3.59. The van der Waals surface area contributed by atoms with Gasteiger partial charge in [-0.2, -0.15) is 0 Å². The highest BCUT2D eigenvalue weighted by atomic mass is 79.9. The molecule has 2 heterocycles. The normalized spacial score (nSPS) is 27.2. The molecular formula is C12H18BrNOS. The third-order valence-electron chi connectivity index (χ3n) is 3.10. The van der Waals surface area contributed by atoms with Crippen molar-refractivity contribution in [1.82, 2.24) is 5.32 Å². The number of hydrogen-bond donors (Lipinski definition) is 1. The van der Waals surface area contributed by atoms with Crippen molar-refractivity contribution in [1.29, 1.82) is 0 Å². The molecule has 16 heavy (non-hydrogen) atoms. The number of hydrogen-bond acceptors (Lipinski definition) is 3. The van der Waals surface area contributed by atoms with Gasteiger partial charge in [-0.3, -0.25) is 0 Å². The highest BCUT2D eigenvalue weighted by Crippen LogP contribution is 2.35. The molecule has 1 saturated heterocycles. The Hall–Kier alpha value is 0.1000. The summed E-state index contributed by atoms with van der Waals surface area (Å²) in [6, 6.07) is 4.65. The van der Waals surface area contributed by atoms with Gasteiger partial charge in [0.2, 0.25) is 0 Å². The van der Waals surface area contributed by atoms with Crippen molar-refractivity contribution in [3.8, 4) is 0 Å². The molecule has 1 aliphatic heterocycles. The summed E-state index contributed by atoms with van der Waals surface area (Å²) >= 11 is 5.32. The van der Waals surface area contributed by atoms with Gasteiger partial charge in [0, 0.05) is 11.5 Å². The Kier molecular flexibility index (Phi) is 4.41. The standard InChI is InChI=1S/C12H18BrNOS/c1-3-14-11(9-4-5-10(13)16-9)12-8(2)6-7-15-12/h4-5,8,11-12,14H,3,6-7H2,1-2H3. The van der Waals surface area contributed by atoms with Crippen molar-refractivity contribution in [3.05, 3.63) is 20.8 Å². The van der Waals surface area contributed by atoms with Crippen molar-refractivity contribution < 1.29 is 4.74 Å². The Morgan fingerprint density at radius 3 is 2.94 bits per heavy atom. The first-order valence-electron chi connectivity index (χ1n) is 5.82. The highest BCUT2D eigenvalue weighted by molar-refractivity contribution is 9.11. The zero-order valence-corrected chi connectivity index (χ0v) is 12.1. The summed E-state index contributed by atoms with van der Waals surface area (Å²) in [6.07, 6.45) is 1.50. The summed E-state index contributed by atoms with van der Waals surface area (Å²) in [4.78, 5) is 1.37. The van der Waals surface area contributed by atoms with Crippen LogP contribution < -0.4 is 5.32 Å². The molecule has 2 nitrogen and oxygen atoms in total. The third kappa shape index (κ3) is 2.67. The van der Waals surface area contributed by atoms with E-state index in [-0.39, 0.29) is 0 Å². The van der Waals surface area contributed by atoms with Gasteiger partial charge in [0.05, 0.1) is 15.9 Å². The minimum absolute atomic E-state index is 0.325. The Balaban J connectivity index is 2.16. The van der Waals surface area contributed by atoms with E-state index in [1.807, 2.05) is 0 Å². The van der Waals surface area contributed by atoms with Gasteiger partial charge in [-0.05, 0) is 46.9 Å². The topological polar surface area (TPSA) is 21.3 Å². The van der Waals surface area contributed by atoms with Gasteiger partial charge in [0.1, 0.15) is 0 Å². The van der Waals surface area contributed by atoms with Gasteiger partial charge < -0.3 is 10.1 Å². The average molecular weight is 304 g/mol. The van der Waals surface area contributed by atoms with Gasteiger partial charge in [0.15, 0.2) is 0 Å². The summed E-state index contributed by atoms with van der Waals surface area (Å²) in [5.74, 6) is 0.643. The van der Waals surface area contributed by atoms with Crippen molar-refractivity contribution in [3.63, 3.8) is 0 Å². The van der Waals surface area contributed by atoms with E-state index >= 15 is 0 Å². The maximum Gasteiger partial charge on any atom is 0.0804 e. The summed E-state index contributed by atoms with van der Waals surface area (Å²) in [5.41, 5.74) is 0. The van der Waals surface area contributed by atoms with Crippen molar-refractivity contribution >= 4 is 27.3 Å². The lowest BCUT2D eigenvalue weighted by atomic mass is 9.96. The molecule has 3 atom stereocenters. The molecule has 3 unspecified atom stereocenters. The lowest BCUT2D eigenvalue weighted by Gasteiger charge is -2.25. The molecular weight excluding hydrogens is 286 g/mol. The predicted molar refractivity (Wildman–Crippen MR) is 72.0 cm³/mol. The van der Waals surface area contributed by atoms with Crippen LogP contribution >= 0.6 is 27.3 Å². The minimum atomic E-state index is 0.325.